The number of nitrogens with two attached hydrogens (primary N) is 1. The molecule has 2 aromatic heterocycles. The number of hydrogen-bond donors (Lipinski definition) is 1. The first-order valence-electron chi connectivity index (χ1n) is 3.44. The van der Waals surface area contributed by atoms with E-state index in [-0.39, 0.29) is 10.5 Å². The Balaban J connectivity index is 2.91. The lowest BCUT2D eigenvalue weighted by atomic mass is 10.4. The summed E-state index contributed by atoms with van der Waals surface area (Å²) < 4.78 is 27.0. The minimum absolute atomic E-state index is 0.0394. The first kappa shape index (κ1) is 8.21. The van der Waals surface area contributed by atoms with Crippen LogP contribution in [0, 0.1) is 0 Å². The van der Waals surface area contributed by atoms with Crippen LogP contribution in [-0.4, -0.2) is 13.4 Å². The molecular weight excluding hydrogens is 192 g/mol. The summed E-state index contributed by atoms with van der Waals surface area (Å²) in [6.07, 6.45) is 2.74. The van der Waals surface area contributed by atoms with Crippen molar-refractivity contribution in [3.8, 4) is 0 Å². The van der Waals surface area contributed by atoms with Crippen molar-refractivity contribution in [1.29, 1.82) is 0 Å². The average molecular weight is 198 g/mol. The standard InChI is InChI=1S/C7H6N2O3S/c8-13(10,11)6-1-3-9-5-2-4-12-7(5)6/h1-4H,(H2,8,10,11). The maximum absolute atomic E-state index is 11.0. The SMILES string of the molecule is NS(=O)(=O)c1ccnc2ccoc12. The van der Waals surface area contributed by atoms with Crippen molar-refractivity contribution in [2.75, 3.05) is 0 Å². The van der Waals surface area contributed by atoms with E-state index in [1.165, 1.54) is 18.5 Å². The van der Waals surface area contributed by atoms with E-state index < -0.39 is 10.0 Å². The van der Waals surface area contributed by atoms with Gasteiger partial charge in [-0.05, 0) is 6.07 Å². The van der Waals surface area contributed by atoms with Crippen LogP contribution in [0.3, 0.4) is 0 Å². The second-order valence-corrected chi connectivity index (χ2v) is 4.02. The van der Waals surface area contributed by atoms with E-state index in [0.29, 0.717) is 5.52 Å². The zero-order valence-electron chi connectivity index (χ0n) is 6.47. The van der Waals surface area contributed by atoms with Gasteiger partial charge in [-0.3, -0.25) is 4.98 Å². The minimum atomic E-state index is -3.73. The smallest absolute Gasteiger partial charge is 0.241 e. The fourth-order valence-corrected chi connectivity index (χ4v) is 1.74. The van der Waals surface area contributed by atoms with E-state index in [0.717, 1.165) is 0 Å². The summed E-state index contributed by atoms with van der Waals surface area (Å²) >= 11 is 0. The maximum Gasteiger partial charge on any atom is 0.241 e. The number of hydrogen-bond acceptors (Lipinski definition) is 4. The average Bonchev–Trinajstić information content (AvgIpc) is 2.48. The van der Waals surface area contributed by atoms with Gasteiger partial charge in [-0.15, -0.1) is 0 Å². The number of aromatic nitrogens is 1. The van der Waals surface area contributed by atoms with Crippen LogP contribution < -0.4 is 5.14 Å². The Morgan fingerprint density at radius 2 is 2.15 bits per heavy atom. The van der Waals surface area contributed by atoms with Crippen LogP contribution in [0.1, 0.15) is 0 Å². The Labute approximate surface area is 74.2 Å². The normalized spacial score (nSPS) is 12.1. The Bertz CT molecular complexity index is 544. The van der Waals surface area contributed by atoms with Gasteiger partial charge in [-0.2, -0.15) is 0 Å². The zero-order chi connectivity index (χ0) is 9.47. The second-order valence-electron chi connectivity index (χ2n) is 2.49. The molecule has 0 radical (unpaired) electrons. The molecule has 0 aliphatic carbocycles. The highest BCUT2D eigenvalue weighted by Gasteiger charge is 2.14. The molecule has 2 heterocycles. The van der Waals surface area contributed by atoms with E-state index in [2.05, 4.69) is 4.98 Å². The van der Waals surface area contributed by atoms with Gasteiger partial charge in [0.2, 0.25) is 10.0 Å². The zero-order valence-corrected chi connectivity index (χ0v) is 7.28. The lowest BCUT2D eigenvalue weighted by molar-refractivity contribution is 0.585. The number of furan rings is 1. The van der Waals surface area contributed by atoms with Gasteiger partial charge in [0.1, 0.15) is 10.4 Å². The molecule has 0 saturated carbocycles. The van der Waals surface area contributed by atoms with E-state index in [1.54, 1.807) is 6.07 Å². The molecule has 0 amide bonds. The molecule has 6 heteroatoms. The monoisotopic (exact) mass is 198 g/mol. The third kappa shape index (κ3) is 1.30. The molecule has 0 spiro atoms. The van der Waals surface area contributed by atoms with Gasteiger partial charge in [0, 0.05) is 12.3 Å². The number of rotatable bonds is 1. The summed E-state index contributed by atoms with van der Waals surface area (Å²) in [7, 11) is -3.73. The predicted molar refractivity (Wildman–Crippen MR) is 45.4 cm³/mol. The van der Waals surface area contributed by atoms with Crippen LogP contribution in [0.15, 0.2) is 33.9 Å². The minimum Gasteiger partial charge on any atom is -0.461 e. The number of nitrogens with zero attached hydrogens (tertiary/aromatic N) is 1. The Kier molecular flexibility index (Phi) is 1.61. The van der Waals surface area contributed by atoms with Gasteiger partial charge in [-0.1, -0.05) is 0 Å². The quantitative estimate of drug-likeness (QED) is 0.721. The summed E-state index contributed by atoms with van der Waals surface area (Å²) in [5, 5.41) is 4.97. The van der Waals surface area contributed by atoms with Crippen molar-refractivity contribution >= 4 is 21.1 Å². The van der Waals surface area contributed by atoms with Gasteiger partial charge in [-0.25, -0.2) is 13.6 Å². The molecule has 2 aromatic rings. The summed E-state index contributed by atoms with van der Waals surface area (Å²) in [6.45, 7) is 0. The van der Waals surface area contributed by atoms with Crippen LogP contribution in [0.5, 0.6) is 0 Å². The maximum atomic E-state index is 11.0. The largest absolute Gasteiger partial charge is 0.461 e. The summed E-state index contributed by atoms with van der Waals surface area (Å²) in [5.41, 5.74) is 0.677. The van der Waals surface area contributed by atoms with Crippen LogP contribution in [0.4, 0.5) is 0 Å². The van der Waals surface area contributed by atoms with Gasteiger partial charge >= 0.3 is 0 Å². The molecule has 0 aliphatic rings. The van der Waals surface area contributed by atoms with Gasteiger partial charge in [0.15, 0.2) is 5.58 Å². The molecule has 0 aromatic carbocycles. The van der Waals surface area contributed by atoms with Gasteiger partial charge < -0.3 is 4.42 Å². The van der Waals surface area contributed by atoms with E-state index in [9.17, 15) is 8.42 Å². The molecular formula is C7H6N2O3S. The van der Waals surface area contributed by atoms with Crippen LogP contribution in [-0.2, 0) is 10.0 Å². The molecule has 0 fully saturated rings. The highest BCUT2D eigenvalue weighted by Crippen LogP contribution is 2.20. The topological polar surface area (TPSA) is 86.2 Å². The van der Waals surface area contributed by atoms with Crippen molar-refractivity contribution in [2.24, 2.45) is 5.14 Å². The van der Waals surface area contributed by atoms with E-state index in [1.807, 2.05) is 0 Å². The first-order chi connectivity index (χ1) is 6.09. The number of sulfonamides is 1. The van der Waals surface area contributed by atoms with E-state index in [4.69, 9.17) is 9.56 Å². The van der Waals surface area contributed by atoms with Crippen molar-refractivity contribution < 1.29 is 12.8 Å². The van der Waals surface area contributed by atoms with Crippen LogP contribution in [0.25, 0.3) is 11.1 Å². The number of pyridine rings is 1. The highest BCUT2D eigenvalue weighted by molar-refractivity contribution is 7.89. The second kappa shape index (κ2) is 2.54. The lowest BCUT2D eigenvalue weighted by Crippen LogP contribution is -2.12. The van der Waals surface area contributed by atoms with Crippen molar-refractivity contribution in [3.05, 3.63) is 24.6 Å². The first-order valence-corrected chi connectivity index (χ1v) is 4.99. The molecule has 2 N–H and O–H groups in total. The van der Waals surface area contributed by atoms with Gasteiger partial charge in [0.05, 0.1) is 6.26 Å². The molecule has 0 aliphatic heterocycles. The van der Waals surface area contributed by atoms with Gasteiger partial charge in [0.25, 0.3) is 0 Å². The van der Waals surface area contributed by atoms with Crippen molar-refractivity contribution in [1.82, 2.24) is 4.98 Å². The summed E-state index contributed by atoms with van der Waals surface area (Å²) in [4.78, 5) is 3.86. The fraction of sp³-hybridized carbons (Fsp3) is 0. The predicted octanol–water partition coefficient (Wildman–Crippen LogP) is 0.475. The third-order valence-corrected chi connectivity index (χ3v) is 2.55. The fourth-order valence-electron chi connectivity index (χ4n) is 1.07. The van der Waals surface area contributed by atoms with Crippen molar-refractivity contribution in [3.63, 3.8) is 0 Å². The van der Waals surface area contributed by atoms with Crippen LogP contribution in [0.2, 0.25) is 0 Å². The molecule has 13 heavy (non-hydrogen) atoms. The Morgan fingerprint density at radius 1 is 1.38 bits per heavy atom. The molecule has 0 saturated heterocycles. The third-order valence-electron chi connectivity index (χ3n) is 1.61. The Morgan fingerprint density at radius 3 is 2.85 bits per heavy atom. The highest BCUT2D eigenvalue weighted by atomic mass is 32.2. The molecule has 0 unspecified atom stereocenters. The molecule has 0 atom stereocenters. The molecule has 2 rings (SSSR count). The van der Waals surface area contributed by atoms with Crippen molar-refractivity contribution in [2.45, 2.75) is 4.90 Å². The lowest BCUT2D eigenvalue weighted by Gasteiger charge is -1.96. The molecule has 68 valence electrons. The Hall–Kier alpha value is -1.40. The van der Waals surface area contributed by atoms with E-state index >= 15 is 0 Å². The summed E-state index contributed by atoms with van der Waals surface area (Å²) in [5.74, 6) is 0. The molecule has 5 nitrogen and oxygen atoms in total. The van der Waals surface area contributed by atoms with Crippen LogP contribution >= 0.6 is 0 Å². The number of fused-ring (bicyclic) bond motifs is 1. The molecule has 0 bridgehead atoms. The number of primary sulfonamides is 1. The summed E-state index contributed by atoms with van der Waals surface area (Å²) in [6, 6.07) is 2.88.